The SMILES string of the molecule is CNC1CCC(N(C)Cc2cc3ccccc3o2)CC1. The van der Waals surface area contributed by atoms with Crippen molar-refractivity contribution in [2.24, 2.45) is 0 Å². The predicted octanol–water partition coefficient (Wildman–Crippen LogP) is 3.40. The van der Waals surface area contributed by atoms with Crippen LogP contribution in [0.3, 0.4) is 0 Å². The van der Waals surface area contributed by atoms with E-state index in [1.54, 1.807) is 0 Å². The molecule has 1 saturated carbocycles. The van der Waals surface area contributed by atoms with Gasteiger partial charge in [0.1, 0.15) is 11.3 Å². The summed E-state index contributed by atoms with van der Waals surface area (Å²) < 4.78 is 5.92. The van der Waals surface area contributed by atoms with Gasteiger partial charge in [-0.1, -0.05) is 18.2 Å². The number of fused-ring (bicyclic) bond motifs is 1. The molecule has 1 aliphatic rings. The van der Waals surface area contributed by atoms with Crippen molar-refractivity contribution in [3.8, 4) is 0 Å². The van der Waals surface area contributed by atoms with Gasteiger partial charge in [-0.05, 0) is 51.9 Å². The average molecular weight is 272 g/mol. The molecule has 0 unspecified atom stereocenters. The molecule has 3 heteroatoms. The molecule has 0 bridgehead atoms. The molecule has 3 rings (SSSR count). The number of rotatable bonds is 4. The monoisotopic (exact) mass is 272 g/mol. The van der Waals surface area contributed by atoms with Crippen LogP contribution in [-0.2, 0) is 6.54 Å². The molecule has 1 aromatic carbocycles. The summed E-state index contributed by atoms with van der Waals surface area (Å²) in [6, 6.07) is 11.8. The Morgan fingerprint density at radius 2 is 1.95 bits per heavy atom. The molecule has 0 spiro atoms. The molecule has 0 amide bonds. The van der Waals surface area contributed by atoms with Gasteiger partial charge >= 0.3 is 0 Å². The van der Waals surface area contributed by atoms with Crippen molar-refractivity contribution < 1.29 is 4.42 Å². The number of nitrogens with zero attached hydrogens (tertiary/aromatic N) is 1. The molecule has 1 heterocycles. The van der Waals surface area contributed by atoms with Crippen molar-refractivity contribution in [3.63, 3.8) is 0 Å². The Hall–Kier alpha value is -1.32. The maximum absolute atomic E-state index is 5.92. The Balaban J connectivity index is 1.62. The Morgan fingerprint density at radius 3 is 2.65 bits per heavy atom. The van der Waals surface area contributed by atoms with E-state index in [2.05, 4.69) is 42.5 Å². The predicted molar refractivity (Wildman–Crippen MR) is 82.8 cm³/mol. The van der Waals surface area contributed by atoms with Crippen LogP contribution in [0, 0.1) is 0 Å². The second-order valence-corrected chi connectivity index (χ2v) is 5.96. The molecular weight excluding hydrogens is 248 g/mol. The summed E-state index contributed by atoms with van der Waals surface area (Å²) in [6.45, 7) is 0.906. The zero-order valence-electron chi connectivity index (χ0n) is 12.4. The number of hydrogen-bond donors (Lipinski definition) is 1. The maximum Gasteiger partial charge on any atom is 0.134 e. The summed E-state index contributed by atoms with van der Waals surface area (Å²) in [5.74, 6) is 1.07. The van der Waals surface area contributed by atoms with Gasteiger partial charge in [-0.3, -0.25) is 4.90 Å². The van der Waals surface area contributed by atoms with Crippen LogP contribution < -0.4 is 5.32 Å². The Morgan fingerprint density at radius 1 is 1.20 bits per heavy atom. The first-order chi connectivity index (χ1) is 9.76. The quantitative estimate of drug-likeness (QED) is 0.924. The van der Waals surface area contributed by atoms with Gasteiger partial charge in [-0.2, -0.15) is 0 Å². The average Bonchev–Trinajstić information content (AvgIpc) is 2.89. The minimum absolute atomic E-state index is 0.688. The lowest BCUT2D eigenvalue weighted by Crippen LogP contribution is -2.39. The van der Waals surface area contributed by atoms with E-state index in [1.807, 2.05) is 12.1 Å². The van der Waals surface area contributed by atoms with Crippen molar-refractivity contribution >= 4 is 11.0 Å². The molecule has 1 aromatic heterocycles. The molecule has 0 radical (unpaired) electrons. The molecule has 1 fully saturated rings. The summed E-state index contributed by atoms with van der Waals surface area (Å²) in [4.78, 5) is 2.45. The Kier molecular flexibility index (Phi) is 4.08. The summed E-state index contributed by atoms with van der Waals surface area (Å²) in [5.41, 5.74) is 0.995. The maximum atomic E-state index is 5.92. The first-order valence-corrected chi connectivity index (χ1v) is 7.61. The molecule has 1 N–H and O–H groups in total. The van der Waals surface area contributed by atoms with E-state index in [4.69, 9.17) is 4.42 Å². The molecule has 0 aliphatic heterocycles. The van der Waals surface area contributed by atoms with Crippen LogP contribution in [0.5, 0.6) is 0 Å². The molecule has 1 aliphatic carbocycles. The lowest BCUT2D eigenvalue weighted by Gasteiger charge is -2.34. The van der Waals surface area contributed by atoms with E-state index < -0.39 is 0 Å². The highest BCUT2D eigenvalue weighted by atomic mass is 16.3. The summed E-state index contributed by atoms with van der Waals surface area (Å²) in [6.07, 6.45) is 5.13. The van der Waals surface area contributed by atoms with Gasteiger partial charge in [0.25, 0.3) is 0 Å². The van der Waals surface area contributed by atoms with Gasteiger partial charge in [-0.15, -0.1) is 0 Å². The second kappa shape index (κ2) is 5.98. The smallest absolute Gasteiger partial charge is 0.134 e. The van der Waals surface area contributed by atoms with Gasteiger partial charge in [0.15, 0.2) is 0 Å². The minimum Gasteiger partial charge on any atom is -0.460 e. The fraction of sp³-hybridized carbons (Fsp3) is 0.529. The number of para-hydroxylation sites is 1. The fourth-order valence-corrected chi connectivity index (χ4v) is 3.29. The highest BCUT2D eigenvalue weighted by molar-refractivity contribution is 5.77. The first-order valence-electron chi connectivity index (χ1n) is 7.61. The number of hydrogen-bond acceptors (Lipinski definition) is 3. The zero-order chi connectivity index (χ0) is 13.9. The van der Waals surface area contributed by atoms with Crippen LogP contribution in [0.2, 0.25) is 0 Å². The second-order valence-electron chi connectivity index (χ2n) is 5.96. The van der Waals surface area contributed by atoms with E-state index in [1.165, 1.54) is 31.1 Å². The van der Waals surface area contributed by atoms with Crippen LogP contribution >= 0.6 is 0 Å². The summed E-state index contributed by atoms with van der Waals surface area (Å²) in [7, 11) is 4.29. The highest BCUT2D eigenvalue weighted by Crippen LogP contribution is 2.25. The van der Waals surface area contributed by atoms with Crippen LogP contribution in [0.25, 0.3) is 11.0 Å². The Labute approximate surface area is 120 Å². The van der Waals surface area contributed by atoms with Gasteiger partial charge in [-0.25, -0.2) is 0 Å². The normalized spacial score (nSPS) is 23.6. The standard InChI is InChI=1S/C17H24N2O/c1-18-14-7-9-15(10-8-14)19(2)12-16-11-13-5-3-4-6-17(13)20-16/h3-6,11,14-15,18H,7-10,12H2,1-2H3. The van der Waals surface area contributed by atoms with Crippen molar-refractivity contribution in [2.75, 3.05) is 14.1 Å². The minimum atomic E-state index is 0.688. The first kappa shape index (κ1) is 13.7. The molecule has 0 atom stereocenters. The van der Waals surface area contributed by atoms with Gasteiger partial charge in [0.2, 0.25) is 0 Å². The Bertz CT molecular complexity index is 522. The lowest BCUT2D eigenvalue weighted by molar-refractivity contribution is 0.161. The third kappa shape index (κ3) is 2.89. The van der Waals surface area contributed by atoms with E-state index >= 15 is 0 Å². The number of nitrogens with one attached hydrogen (secondary N) is 1. The van der Waals surface area contributed by atoms with Crippen molar-refractivity contribution in [2.45, 2.75) is 44.3 Å². The van der Waals surface area contributed by atoms with Crippen molar-refractivity contribution in [1.29, 1.82) is 0 Å². The fourth-order valence-electron chi connectivity index (χ4n) is 3.29. The van der Waals surface area contributed by atoms with E-state index in [9.17, 15) is 0 Å². The van der Waals surface area contributed by atoms with Crippen molar-refractivity contribution in [1.82, 2.24) is 10.2 Å². The van der Waals surface area contributed by atoms with Crippen molar-refractivity contribution in [3.05, 3.63) is 36.1 Å². The largest absolute Gasteiger partial charge is 0.460 e. The topological polar surface area (TPSA) is 28.4 Å². The zero-order valence-corrected chi connectivity index (χ0v) is 12.4. The molecule has 108 valence electrons. The van der Waals surface area contributed by atoms with Crippen LogP contribution in [0.1, 0.15) is 31.4 Å². The molecule has 2 aromatic rings. The molecule has 20 heavy (non-hydrogen) atoms. The van der Waals surface area contributed by atoms with E-state index in [0.717, 1.165) is 17.9 Å². The third-order valence-corrected chi connectivity index (χ3v) is 4.61. The molecular formula is C17H24N2O. The summed E-state index contributed by atoms with van der Waals surface area (Å²) in [5, 5.41) is 4.60. The van der Waals surface area contributed by atoms with Crippen LogP contribution in [0.4, 0.5) is 0 Å². The third-order valence-electron chi connectivity index (χ3n) is 4.61. The van der Waals surface area contributed by atoms with E-state index in [-0.39, 0.29) is 0 Å². The number of furan rings is 1. The summed E-state index contributed by atoms with van der Waals surface area (Å²) >= 11 is 0. The number of benzene rings is 1. The molecule has 3 nitrogen and oxygen atoms in total. The van der Waals surface area contributed by atoms with Crippen LogP contribution in [-0.4, -0.2) is 31.1 Å². The van der Waals surface area contributed by atoms with Gasteiger partial charge < -0.3 is 9.73 Å². The molecule has 0 saturated heterocycles. The van der Waals surface area contributed by atoms with E-state index in [0.29, 0.717) is 12.1 Å². The highest BCUT2D eigenvalue weighted by Gasteiger charge is 2.23. The van der Waals surface area contributed by atoms with Gasteiger partial charge in [0, 0.05) is 17.5 Å². The van der Waals surface area contributed by atoms with Crippen LogP contribution in [0.15, 0.2) is 34.7 Å². The van der Waals surface area contributed by atoms with Gasteiger partial charge in [0.05, 0.1) is 6.54 Å². The lowest BCUT2D eigenvalue weighted by atomic mass is 9.90.